The van der Waals surface area contributed by atoms with Gasteiger partial charge in [0.05, 0.1) is 11.9 Å². The molecule has 3 atom stereocenters. The lowest BCUT2D eigenvalue weighted by Gasteiger charge is -2.25. The Bertz CT molecular complexity index is 556. The van der Waals surface area contributed by atoms with E-state index in [1.54, 1.807) is 12.3 Å². The average molecular weight is 338 g/mol. The van der Waals surface area contributed by atoms with Crippen molar-refractivity contribution in [3.05, 3.63) is 23.5 Å². The van der Waals surface area contributed by atoms with Gasteiger partial charge in [-0.2, -0.15) is 0 Å². The predicted molar refractivity (Wildman–Crippen MR) is 90.7 cm³/mol. The van der Waals surface area contributed by atoms with Gasteiger partial charge in [-0.05, 0) is 57.6 Å². The number of carbonyl (C=O) groups is 1. The maximum atomic E-state index is 12.2. The second-order valence-corrected chi connectivity index (χ2v) is 7.97. The molecule has 0 radical (unpaired) electrons. The fourth-order valence-corrected chi connectivity index (χ4v) is 3.70. The van der Waals surface area contributed by atoms with Crippen LogP contribution in [0.1, 0.15) is 33.6 Å². The van der Waals surface area contributed by atoms with Crippen LogP contribution >= 0.6 is 11.6 Å². The quantitative estimate of drug-likeness (QED) is 0.834. The Kier molecular flexibility index (Phi) is 4.41. The van der Waals surface area contributed by atoms with Gasteiger partial charge in [-0.15, -0.1) is 0 Å². The number of nitrogens with one attached hydrogen (secondary N) is 1. The van der Waals surface area contributed by atoms with E-state index in [1.807, 2.05) is 31.7 Å². The van der Waals surface area contributed by atoms with Gasteiger partial charge in [-0.3, -0.25) is 0 Å². The van der Waals surface area contributed by atoms with Crippen molar-refractivity contribution in [1.29, 1.82) is 0 Å². The molecule has 1 saturated heterocycles. The molecular formula is C17H24ClN3O2. The minimum atomic E-state index is -0.430. The second-order valence-electron chi connectivity index (χ2n) is 7.59. The molecule has 0 bridgehead atoms. The van der Waals surface area contributed by atoms with Gasteiger partial charge in [0.2, 0.25) is 0 Å². The number of aromatic nitrogens is 1. The number of hydrogen-bond donors (Lipinski definition) is 1. The fourth-order valence-electron chi connectivity index (χ4n) is 3.59. The Labute approximate surface area is 142 Å². The number of halogens is 1. The summed E-state index contributed by atoms with van der Waals surface area (Å²) < 4.78 is 5.47. The van der Waals surface area contributed by atoms with Crippen molar-refractivity contribution in [3.8, 4) is 0 Å². The van der Waals surface area contributed by atoms with Gasteiger partial charge in [0.25, 0.3) is 0 Å². The van der Waals surface area contributed by atoms with E-state index in [0.29, 0.717) is 23.0 Å². The zero-order valence-electron chi connectivity index (χ0n) is 13.9. The molecule has 1 unspecified atom stereocenters. The average Bonchev–Trinajstić information content (AvgIpc) is 2.97. The van der Waals surface area contributed by atoms with Crippen molar-refractivity contribution in [2.45, 2.75) is 45.3 Å². The molecule has 1 aromatic heterocycles. The van der Waals surface area contributed by atoms with Crippen LogP contribution in [0.5, 0.6) is 0 Å². The lowest BCUT2D eigenvalue weighted by Crippen LogP contribution is -2.36. The number of rotatable bonds is 2. The summed E-state index contributed by atoms with van der Waals surface area (Å²) in [5, 5.41) is 4.03. The van der Waals surface area contributed by atoms with Crippen molar-refractivity contribution >= 4 is 23.4 Å². The van der Waals surface area contributed by atoms with Crippen LogP contribution < -0.4 is 5.32 Å². The predicted octanol–water partition coefficient (Wildman–Crippen LogP) is 3.79. The van der Waals surface area contributed by atoms with Crippen LogP contribution in [-0.4, -0.2) is 40.7 Å². The van der Waals surface area contributed by atoms with Crippen LogP contribution in [-0.2, 0) is 4.74 Å². The maximum Gasteiger partial charge on any atom is 0.410 e. The van der Waals surface area contributed by atoms with E-state index >= 15 is 0 Å². The molecule has 1 amide bonds. The number of pyridine rings is 1. The Morgan fingerprint density at radius 1 is 1.30 bits per heavy atom. The molecule has 6 heteroatoms. The summed E-state index contributed by atoms with van der Waals surface area (Å²) in [4.78, 5) is 18.1. The lowest BCUT2D eigenvalue weighted by atomic mass is 10.0. The fraction of sp³-hybridized carbons (Fsp3) is 0.647. The van der Waals surface area contributed by atoms with Crippen molar-refractivity contribution in [2.75, 3.05) is 18.4 Å². The second kappa shape index (κ2) is 6.19. The number of nitrogens with zero attached hydrogens (tertiary/aromatic N) is 2. The highest BCUT2D eigenvalue weighted by molar-refractivity contribution is 6.29. The zero-order valence-corrected chi connectivity index (χ0v) is 14.6. The first-order chi connectivity index (χ1) is 10.8. The van der Waals surface area contributed by atoms with Crippen molar-refractivity contribution in [3.63, 3.8) is 0 Å². The summed E-state index contributed by atoms with van der Waals surface area (Å²) in [6.07, 6.45) is 3.74. The molecule has 1 aliphatic heterocycles. The molecule has 1 aliphatic carbocycles. The highest BCUT2D eigenvalue weighted by atomic mass is 35.5. The number of carbonyl (C=O) groups excluding carboxylic acids is 1. The molecule has 2 heterocycles. The van der Waals surface area contributed by atoms with E-state index in [-0.39, 0.29) is 6.09 Å². The first kappa shape index (κ1) is 16.4. The topological polar surface area (TPSA) is 54.5 Å². The normalized spacial score (nSPS) is 27.0. The van der Waals surface area contributed by atoms with E-state index < -0.39 is 5.60 Å². The van der Waals surface area contributed by atoms with Gasteiger partial charge in [0, 0.05) is 19.1 Å². The molecule has 126 valence electrons. The van der Waals surface area contributed by atoms with Crippen molar-refractivity contribution in [2.24, 2.45) is 11.8 Å². The summed E-state index contributed by atoms with van der Waals surface area (Å²) in [5.74, 6) is 1.11. The number of ether oxygens (including phenoxy) is 1. The Balaban J connectivity index is 1.51. The SMILES string of the molecule is CC(C)(C)OC(=O)N1CC2C[C@@H](Nc3ccc(Cl)nc3)C[C@@H]2C1. The molecule has 23 heavy (non-hydrogen) atoms. The molecule has 3 rings (SSSR count). The molecule has 1 saturated carbocycles. The summed E-state index contributed by atoms with van der Waals surface area (Å²) in [6, 6.07) is 4.19. The third kappa shape index (κ3) is 4.08. The molecule has 1 aromatic rings. The summed E-state index contributed by atoms with van der Waals surface area (Å²) in [5.41, 5.74) is 0.573. The minimum absolute atomic E-state index is 0.182. The molecule has 5 nitrogen and oxygen atoms in total. The van der Waals surface area contributed by atoms with Crippen molar-refractivity contribution < 1.29 is 9.53 Å². The smallest absolute Gasteiger partial charge is 0.410 e. The highest BCUT2D eigenvalue weighted by Gasteiger charge is 2.43. The molecule has 2 fully saturated rings. The van der Waals surface area contributed by atoms with E-state index in [1.165, 1.54) is 0 Å². The van der Waals surface area contributed by atoms with E-state index in [4.69, 9.17) is 16.3 Å². The highest BCUT2D eigenvalue weighted by Crippen LogP contribution is 2.39. The van der Waals surface area contributed by atoms with Crippen LogP contribution in [0, 0.1) is 11.8 Å². The van der Waals surface area contributed by atoms with Crippen LogP contribution in [0.2, 0.25) is 5.15 Å². The van der Waals surface area contributed by atoms with E-state index in [9.17, 15) is 4.79 Å². The standard InChI is InChI=1S/C17H24ClN3O2/c1-17(2,3)23-16(22)21-9-11-6-14(7-12(11)10-21)20-13-4-5-15(18)19-8-13/h4-5,8,11-12,14,20H,6-7,9-10H2,1-3H3/t11-,12?,14+/m1/s1. The van der Waals surface area contributed by atoms with E-state index in [2.05, 4.69) is 10.3 Å². The van der Waals surface area contributed by atoms with Gasteiger partial charge < -0.3 is 15.0 Å². The van der Waals surface area contributed by atoms with Gasteiger partial charge in [0.1, 0.15) is 10.8 Å². The van der Waals surface area contributed by atoms with Crippen LogP contribution in [0.4, 0.5) is 10.5 Å². The largest absolute Gasteiger partial charge is 0.444 e. The Morgan fingerprint density at radius 3 is 2.48 bits per heavy atom. The maximum absolute atomic E-state index is 12.2. The Hall–Kier alpha value is -1.49. The number of fused-ring (bicyclic) bond motifs is 1. The van der Waals surface area contributed by atoms with Gasteiger partial charge in [-0.25, -0.2) is 9.78 Å². The zero-order chi connectivity index (χ0) is 16.6. The van der Waals surface area contributed by atoms with Gasteiger partial charge in [-0.1, -0.05) is 11.6 Å². The minimum Gasteiger partial charge on any atom is -0.444 e. The van der Waals surface area contributed by atoms with Gasteiger partial charge in [0.15, 0.2) is 0 Å². The summed E-state index contributed by atoms with van der Waals surface area (Å²) in [6.45, 7) is 7.32. The first-order valence-electron chi connectivity index (χ1n) is 8.16. The molecule has 1 N–H and O–H groups in total. The van der Waals surface area contributed by atoms with Crippen LogP contribution in [0.25, 0.3) is 0 Å². The van der Waals surface area contributed by atoms with Crippen LogP contribution in [0.3, 0.4) is 0 Å². The number of anilines is 1. The third-order valence-corrected chi connectivity index (χ3v) is 4.72. The first-order valence-corrected chi connectivity index (χ1v) is 8.54. The summed E-state index contributed by atoms with van der Waals surface area (Å²) >= 11 is 5.81. The lowest BCUT2D eigenvalue weighted by molar-refractivity contribution is 0.0280. The number of hydrogen-bond acceptors (Lipinski definition) is 4. The van der Waals surface area contributed by atoms with Crippen LogP contribution in [0.15, 0.2) is 18.3 Å². The molecular weight excluding hydrogens is 314 g/mol. The molecule has 0 spiro atoms. The molecule has 2 aliphatic rings. The summed E-state index contributed by atoms with van der Waals surface area (Å²) in [7, 11) is 0. The van der Waals surface area contributed by atoms with E-state index in [0.717, 1.165) is 31.6 Å². The number of likely N-dealkylation sites (tertiary alicyclic amines) is 1. The molecule has 0 aromatic carbocycles. The third-order valence-electron chi connectivity index (χ3n) is 4.50. The Morgan fingerprint density at radius 2 is 1.96 bits per heavy atom. The number of amides is 1. The van der Waals surface area contributed by atoms with Gasteiger partial charge >= 0.3 is 6.09 Å². The monoisotopic (exact) mass is 337 g/mol. The van der Waals surface area contributed by atoms with Crippen molar-refractivity contribution in [1.82, 2.24) is 9.88 Å².